The van der Waals surface area contributed by atoms with Gasteiger partial charge in [-0.25, -0.2) is 0 Å². The number of likely N-dealkylation sites (tertiary alicyclic amines) is 1. The Morgan fingerprint density at radius 3 is 2.72 bits per heavy atom. The maximum atomic E-state index is 8.99. The predicted octanol–water partition coefficient (Wildman–Crippen LogP) is 3.76. The van der Waals surface area contributed by atoms with Crippen LogP contribution in [0.4, 0.5) is 0 Å². The molecular weight excluding hydrogens is 224 g/mol. The molecule has 2 unspecified atom stereocenters. The highest BCUT2D eigenvalue weighted by Crippen LogP contribution is 2.21. The number of oxime groups is 1. The molecule has 1 fully saturated rings. The van der Waals surface area contributed by atoms with Crippen LogP contribution in [0.3, 0.4) is 0 Å². The average molecular weight is 254 g/mol. The summed E-state index contributed by atoms with van der Waals surface area (Å²) in [6, 6.07) is 0. The summed E-state index contributed by atoms with van der Waals surface area (Å²) in [6.45, 7) is 10.1. The first-order chi connectivity index (χ1) is 8.74. The summed E-state index contributed by atoms with van der Waals surface area (Å²) in [5.74, 6) is 1.31. The molecule has 1 aliphatic heterocycles. The maximum Gasteiger partial charge on any atom is 0.0627 e. The number of piperidine rings is 1. The van der Waals surface area contributed by atoms with E-state index < -0.39 is 0 Å². The van der Waals surface area contributed by atoms with Crippen molar-refractivity contribution in [2.75, 3.05) is 19.6 Å². The van der Waals surface area contributed by atoms with Gasteiger partial charge in [0.25, 0.3) is 0 Å². The Balaban J connectivity index is 2.43. The first-order valence-corrected chi connectivity index (χ1v) is 7.68. The number of hydrogen-bond donors (Lipinski definition) is 1. The minimum atomic E-state index is 0.465. The van der Waals surface area contributed by atoms with Crippen LogP contribution in [0.15, 0.2) is 5.16 Å². The third-order valence-electron chi connectivity index (χ3n) is 4.31. The molecule has 18 heavy (non-hydrogen) atoms. The fraction of sp³-hybridized carbons (Fsp3) is 0.933. The van der Waals surface area contributed by atoms with Gasteiger partial charge in [0.15, 0.2) is 0 Å². The molecule has 0 aliphatic carbocycles. The molecule has 0 spiro atoms. The number of unbranched alkanes of at least 4 members (excludes halogenated alkanes) is 1. The van der Waals surface area contributed by atoms with Crippen molar-refractivity contribution in [3.8, 4) is 0 Å². The van der Waals surface area contributed by atoms with Gasteiger partial charge in [-0.3, -0.25) is 0 Å². The van der Waals surface area contributed by atoms with Crippen molar-refractivity contribution >= 4 is 5.71 Å². The smallest absolute Gasteiger partial charge is 0.0627 e. The fourth-order valence-corrected chi connectivity index (χ4v) is 2.93. The lowest BCUT2D eigenvalue weighted by atomic mass is 9.91. The maximum absolute atomic E-state index is 8.99. The highest BCUT2D eigenvalue weighted by Gasteiger charge is 2.25. The van der Waals surface area contributed by atoms with E-state index in [4.69, 9.17) is 5.21 Å². The topological polar surface area (TPSA) is 35.8 Å². The van der Waals surface area contributed by atoms with E-state index in [1.165, 1.54) is 32.2 Å². The van der Waals surface area contributed by atoms with E-state index in [0.717, 1.165) is 37.6 Å². The molecule has 0 aromatic carbocycles. The fourth-order valence-electron chi connectivity index (χ4n) is 2.93. The second-order valence-electron chi connectivity index (χ2n) is 5.62. The zero-order valence-electron chi connectivity index (χ0n) is 12.4. The summed E-state index contributed by atoms with van der Waals surface area (Å²) >= 11 is 0. The van der Waals surface area contributed by atoms with Crippen molar-refractivity contribution in [2.45, 2.75) is 59.3 Å². The first kappa shape index (κ1) is 15.5. The van der Waals surface area contributed by atoms with E-state index in [9.17, 15) is 0 Å². The molecule has 0 radical (unpaired) electrons. The molecule has 0 aromatic heterocycles. The van der Waals surface area contributed by atoms with Gasteiger partial charge in [0.05, 0.1) is 5.71 Å². The first-order valence-electron chi connectivity index (χ1n) is 7.68. The molecule has 1 aliphatic rings. The number of rotatable bonds is 7. The van der Waals surface area contributed by atoms with Gasteiger partial charge in [-0.1, -0.05) is 45.2 Å². The quantitative estimate of drug-likeness (QED) is 0.554. The third-order valence-corrected chi connectivity index (χ3v) is 4.31. The lowest BCUT2D eigenvalue weighted by molar-refractivity contribution is 0.188. The molecule has 106 valence electrons. The van der Waals surface area contributed by atoms with E-state index in [2.05, 4.69) is 30.8 Å². The zero-order valence-corrected chi connectivity index (χ0v) is 12.4. The van der Waals surface area contributed by atoms with Crippen LogP contribution in [0.25, 0.3) is 0 Å². The molecule has 0 amide bonds. The zero-order chi connectivity index (χ0) is 13.4. The van der Waals surface area contributed by atoms with Crippen LogP contribution in [0.5, 0.6) is 0 Å². The van der Waals surface area contributed by atoms with Crippen LogP contribution in [0.2, 0.25) is 0 Å². The van der Waals surface area contributed by atoms with Crippen LogP contribution in [-0.4, -0.2) is 35.5 Å². The van der Waals surface area contributed by atoms with Gasteiger partial charge in [-0.2, -0.15) is 0 Å². The number of hydrogen-bond acceptors (Lipinski definition) is 3. The van der Waals surface area contributed by atoms with Crippen LogP contribution in [-0.2, 0) is 0 Å². The summed E-state index contributed by atoms with van der Waals surface area (Å²) in [6.07, 6.45) is 7.33. The van der Waals surface area contributed by atoms with Crippen molar-refractivity contribution < 1.29 is 5.21 Å². The standard InChI is InChI=1S/C15H30N2O/c1-4-7-8-13(5-2)11-17-10-9-15(16-18)14(6-3)12-17/h13-14,18H,4-12H2,1-3H3. The molecular formula is C15H30N2O. The van der Waals surface area contributed by atoms with E-state index in [0.29, 0.717) is 5.92 Å². The molecule has 0 saturated carbocycles. The van der Waals surface area contributed by atoms with Gasteiger partial charge < -0.3 is 10.1 Å². The highest BCUT2D eigenvalue weighted by molar-refractivity contribution is 5.87. The molecule has 0 bridgehead atoms. The molecule has 1 heterocycles. The molecule has 1 saturated heterocycles. The Morgan fingerprint density at radius 1 is 1.39 bits per heavy atom. The van der Waals surface area contributed by atoms with E-state index in [1.54, 1.807) is 0 Å². The average Bonchev–Trinajstić information content (AvgIpc) is 2.43. The summed E-state index contributed by atoms with van der Waals surface area (Å²) < 4.78 is 0. The second kappa shape index (κ2) is 8.52. The second-order valence-corrected chi connectivity index (χ2v) is 5.62. The Hall–Kier alpha value is -0.570. The predicted molar refractivity (Wildman–Crippen MR) is 77.4 cm³/mol. The molecule has 1 N–H and O–H groups in total. The lowest BCUT2D eigenvalue weighted by Gasteiger charge is -2.35. The van der Waals surface area contributed by atoms with Gasteiger partial charge >= 0.3 is 0 Å². The van der Waals surface area contributed by atoms with E-state index in [-0.39, 0.29) is 0 Å². The highest BCUT2D eigenvalue weighted by atomic mass is 16.4. The van der Waals surface area contributed by atoms with Gasteiger partial charge in [-0.05, 0) is 18.8 Å². The van der Waals surface area contributed by atoms with Gasteiger partial charge in [0.2, 0.25) is 0 Å². The van der Waals surface area contributed by atoms with Crippen molar-refractivity contribution in [2.24, 2.45) is 17.0 Å². The van der Waals surface area contributed by atoms with E-state index in [1.807, 2.05) is 0 Å². The Labute approximate surface area is 112 Å². The summed E-state index contributed by atoms with van der Waals surface area (Å²) in [7, 11) is 0. The Morgan fingerprint density at radius 2 is 2.17 bits per heavy atom. The van der Waals surface area contributed by atoms with Crippen molar-refractivity contribution in [1.82, 2.24) is 4.90 Å². The summed E-state index contributed by atoms with van der Waals surface area (Å²) in [5, 5.41) is 12.5. The Bertz CT molecular complexity index is 253. The molecule has 1 rings (SSSR count). The number of nitrogens with zero attached hydrogens (tertiary/aromatic N) is 2. The van der Waals surface area contributed by atoms with Crippen LogP contribution < -0.4 is 0 Å². The molecule has 2 atom stereocenters. The summed E-state index contributed by atoms with van der Waals surface area (Å²) in [5.41, 5.74) is 1.01. The SMILES string of the molecule is CCCCC(CC)CN1CCC(=NO)C(CC)C1. The van der Waals surface area contributed by atoms with Crippen LogP contribution in [0.1, 0.15) is 59.3 Å². The lowest BCUT2D eigenvalue weighted by Crippen LogP contribution is -2.42. The Kier molecular flexibility index (Phi) is 7.33. The van der Waals surface area contributed by atoms with Crippen molar-refractivity contribution in [3.63, 3.8) is 0 Å². The van der Waals surface area contributed by atoms with Crippen molar-refractivity contribution in [1.29, 1.82) is 0 Å². The largest absolute Gasteiger partial charge is 0.411 e. The van der Waals surface area contributed by atoms with Crippen LogP contribution in [0, 0.1) is 11.8 Å². The van der Waals surface area contributed by atoms with Crippen molar-refractivity contribution in [3.05, 3.63) is 0 Å². The normalized spacial score (nSPS) is 25.5. The van der Waals surface area contributed by atoms with Gasteiger partial charge in [0.1, 0.15) is 0 Å². The van der Waals surface area contributed by atoms with Gasteiger partial charge in [-0.15, -0.1) is 0 Å². The minimum Gasteiger partial charge on any atom is -0.411 e. The van der Waals surface area contributed by atoms with E-state index >= 15 is 0 Å². The molecule has 3 nitrogen and oxygen atoms in total. The van der Waals surface area contributed by atoms with Crippen LogP contribution >= 0.6 is 0 Å². The monoisotopic (exact) mass is 254 g/mol. The molecule has 0 aromatic rings. The third kappa shape index (κ3) is 4.60. The summed E-state index contributed by atoms with van der Waals surface area (Å²) in [4.78, 5) is 2.58. The van der Waals surface area contributed by atoms with Gasteiger partial charge in [0, 0.05) is 32.0 Å². The minimum absolute atomic E-state index is 0.465. The molecule has 3 heteroatoms.